The molecule has 1 N–H and O–H groups in total. The summed E-state index contributed by atoms with van der Waals surface area (Å²) in [5.41, 5.74) is 0. The van der Waals surface area contributed by atoms with Crippen molar-refractivity contribution >= 4 is 12.2 Å². The standard InChI is InChI=1S/C10H18N2S/c1-4-8(2)7-9(3)12-6-5-11-10(12)13/h5-6,8-9H,4,7H2,1-3H3,(H,11,13)/t8-,9+/m1/s1. The van der Waals surface area contributed by atoms with Gasteiger partial charge < -0.3 is 9.55 Å². The summed E-state index contributed by atoms with van der Waals surface area (Å²) in [4.78, 5) is 3.02. The minimum Gasteiger partial charge on any atom is -0.337 e. The first-order chi connectivity index (χ1) is 6.15. The maximum atomic E-state index is 5.16. The van der Waals surface area contributed by atoms with E-state index in [1.807, 2.05) is 12.4 Å². The van der Waals surface area contributed by atoms with Gasteiger partial charge in [-0.25, -0.2) is 0 Å². The van der Waals surface area contributed by atoms with Gasteiger partial charge in [-0.1, -0.05) is 20.3 Å². The molecule has 1 heterocycles. The maximum Gasteiger partial charge on any atom is 0.177 e. The van der Waals surface area contributed by atoms with Gasteiger partial charge in [-0.05, 0) is 31.5 Å². The largest absolute Gasteiger partial charge is 0.337 e. The van der Waals surface area contributed by atoms with Crippen LogP contribution in [0.2, 0.25) is 0 Å². The van der Waals surface area contributed by atoms with Crippen molar-refractivity contribution in [1.29, 1.82) is 0 Å². The van der Waals surface area contributed by atoms with E-state index >= 15 is 0 Å². The van der Waals surface area contributed by atoms with E-state index in [1.165, 1.54) is 12.8 Å². The quantitative estimate of drug-likeness (QED) is 0.734. The van der Waals surface area contributed by atoms with Crippen LogP contribution < -0.4 is 0 Å². The second-order valence-corrected chi connectivity index (χ2v) is 4.16. The lowest BCUT2D eigenvalue weighted by atomic mass is 10.0. The molecule has 3 heteroatoms. The molecule has 0 radical (unpaired) electrons. The van der Waals surface area contributed by atoms with E-state index in [2.05, 4.69) is 30.3 Å². The van der Waals surface area contributed by atoms with Crippen LogP contribution in [0, 0.1) is 10.7 Å². The number of hydrogen-bond donors (Lipinski definition) is 1. The molecule has 1 aromatic heterocycles. The summed E-state index contributed by atoms with van der Waals surface area (Å²) in [6, 6.07) is 0.508. The fourth-order valence-corrected chi connectivity index (χ4v) is 1.85. The number of aromatic amines is 1. The molecular weight excluding hydrogens is 180 g/mol. The van der Waals surface area contributed by atoms with Crippen LogP contribution in [0.5, 0.6) is 0 Å². The summed E-state index contributed by atoms with van der Waals surface area (Å²) in [7, 11) is 0. The second-order valence-electron chi connectivity index (χ2n) is 3.77. The fourth-order valence-electron chi connectivity index (χ4n) is 1.54. The van der Waals surface area contributed by atoms with Gasteiger partial charge in [0.15, 0.2) is 4.77 Å². The first-order valence-corrected chi connectivity index (χ1v) is 5.31. The summed E-state index contributed by atoms with van der Waals surface area (Å²) in [5.74, 6) is 0.770. The van der Waals surface area contributed by atoms with E-state index in [0.717, 1.165) is 10.7 Å². The number of imidazole rings is 1. The molecule has 0 aliphatic rings. The van der Waals surface area contributed by atoms with E-state index in [0.29, 0.717) is 6.04 Å². The minimum absolute atomic E-state index is 0.508. The lowest BCUT2D eigenvalue weighted by Gasteiger charge is -2.16. The maximum absolute atomic E-state index is 5.16. The zero-order valence-electron chi connectivity index (χ0n) is 8.58. The highest BCUT2D eigenvalue weighted by atomic mass is 32.1. The molecule has 0 saturated carbocycles. The molecule has 0 unspecified atom stereocenters. The number of hydrogen-bond acceptors (Lipinski definition) is 1. The molecule has 74 valence electrons. The third-order valence-electron chi connectivity index (χ3n) is 2.59. The van der Waals surface area contributed by atoms with Crippen LogP contribution in [0.3, 0.4) is 0 Å². The Morgan fingerprint density at radius 2 is 2.23 bits per heavy atom. The first kappa shape index (κ1) is 10.5. The lowest BCUT2D eigenvalue weighted by Crippen LogP contribution is -2.08. The van der Waals surface area contributed by atoms with Crippen molar-refractivity contribution in [2.75, 3.05) is 0 Å². The van der Waals surface area contributed by atoms with E-state index in [4.69, 9.17) is 12.2 Å². The van der Waals surface area contributed by atoms with Crippen molar-refractivity contribution < 1.29 is 0 Å². The van der Waals surface area contributed by atoms with Crippen molar-refractivity contribution in [2.45, 2.75) is 39.7 Å². The molecule has 0 spiro atoms. The van der Waals surface area contributed by atoms with Gasteiger partial charge in [-0.2, -0.15) is 0 Å². The number of H-pyrrole nitrogens is 1. The van der Waals surface area contributed by atoms with Crippen molar-refractivity contribution in [2.24, 2.45) is 5.92 Å². The predicted molar refractivity (Wildman–Crippen MR) is 58.4 cm³/mol. The van der Waals surface area contributed by atoms with Gasteiger partial charge >= 0.3 is 0 Å². The van der Waals surface area contributed by atoms with E-state index < -0.39 is 0 Å². The van der Waals surface area contributed by atoms with Crippen LogP contribution in [0.25, 0.3) is 0 Å². The Bertz CT molecular complexity index is 300. The Kier molecular flexibility index (Phi) is 3.72. The predicted octanol–water partition coefficient (Wildman–Crippen LogP) is 3.54. The zero-order chi connectivity index (χ0) is 9.84. The van der Waals surface area contributed by atoms with Crippen LogP contribution in [-0.2, 0) is 0 Å². The van der Waals surface area contributed by atoms with E-state index in [1.54, 1.807) is 0 Å². The molecule has 0 fully saturated rings. The molecule has 1 aromatic rings. The summed E-state index contributed by atoms with van der Waals surface area (Å²) in [6.07, 6.45) is 6.36. The zero-order valence-corrected chi connectivity index (χ0v) is 9.40. The van der Waals surface area contributed by atoms with Crippen LogP contribution in [-0.4, -0.2) is 9.55 Å². The normalized spacial score (nSPS) is 15.6. The van der Waals surface area contributed by atoms with Gasteiger partial charge in [0.05, 0.1) is 0 Å². The van der Waals surface area contributed by atoms with Gasteiger partial charge in [0.2, 0.25) is 0 Å². The van der Waals surface area contributed by atoms with Gasteiger partial charge in [0, 0.05) is 18.4 Å². The van der Waals surface area contributed by atoms with E-state index in [9.17, 15) is 0 Å². The molecule has 2 nitrogen and oxygen atoms in total. The summed E-state index contributed by atoms with van der Waals surface area (Å²) in [5, 5.41) is 0. The Morgan fingerprint density at radius 3 is 2.69 bits per heavy atom. The third kappa shape index (κ3) is 2.69. The number of nitrogens with zero attached hydrogens (tertiary/aromatic N) is 1. The topological polar surface area (TPSA) is 20.7 Å². The van der Waals surface area contributed by atoms with Crippen LogP contribution in [0.1, 0.15) is 39.7 Å². The van der Waals surface area contributed by atoms with E-state index in [-0.39, 0.29) is 0 Å². The smallest absolute Gasteiger partial charge is 0.177 e. The monoisotopic (exact) mass is 198 g/mol. The molecule has 0 bridgehead atoms. The van der Waals surface area contributed by atoms with Crippen molar-refractivity contribution in [3.8, 4) is 0 Å². The Balaban J connectivity index is 2.63. The molecule has 0 aliphatic carbocycles. The third-order valence-corrected chi connectivity index (χ3v) is 2.92. The minimum atomic E-state index is 0.508. The summed E-state index contributed by atoms with van der Waals surface area (Å²) >= 11 is 5.16. The van der Waals surface area contributed by atoms with Gasteiger partial charge in [0.1, 0.15) is 0 Å². The summed E-state index contributed by atoms with van der Waals surface area (Å²) in [6.45, 7) is 6.73. The van der Waals surface area contributed by atoms with Gasteiger partial charge in [0.25, 0.3) is 0 Å². The Morgan fingerprint density at radius 1 is 1.54 bits per heavy atom. The molecule has 0 aromatic carbocycles. The van der Waals surface area contributed by atoms with Crippen molar-refractivity contribution in [3.05, 3.63) is 17.2 Å². The fraction of sp³-hybridized carbons (Fsp3) is 0.700. The SMILES string of the molecule is CC[C@@H](C)C[C@H](C)n1cc[nH]c1=S. The van der Waals surface area contributed by atoms with Crippen LogP contribution in [0.4, 0.5) is 0 Å². The number of rotatable bonds is 4. The molecule has 0 saturated heterocycles. The molecule has 0 amide bonds. The van der Waals surface area contributed by atoms with Gasteiger partial charge in [-0.3, -0.25) is 0 Å². The highest BCUT2D eigenvalue weighted by Gasteiger charge is 2.08. The first-order valence-electron chi connectivity index (χ1n) is 4.90. The highest BCUT2D eigenvalue weighted by molar-refractivity contribution is 7.71. The lowest BCUT2D eigenvalue weighted by molar-refractivity contribution is 0.396. The summed E-state index contributed by atoms with van der Waals surface area (Å²) < 4.78 is 2.96. The number of aromatic nitrogens is 2. The second kappa shape index (κ2) is 4.61. The highest BCUT2D eigenvalue weighted by Crippen LogP contribution is 2.19. The average molecular weight is 198 g/mol. The molecule has 13 heavy (non-hydrogen) atoms. The Hall–Kier alpha value is -0.570. The molecule has 2 atom stereocenters. The molecular formula is C10H18N2S. The van der Waals surface area contributed by atoms with Crippen molar-refractivity contribution in [3.63, 3.8) is 0 Å². The Labute approximate surface area is 85.0 Å². The van der Waals surface area contributed by atoms with Crippen LogP contribution in [0.15, 0.2) is 12.4 Å². The number of nitrogens with one attached hydrogen (secondary N) is 1. The average Bonchev–Trinajstić information content (AvgIpc) is 2.51. The molecule has 0 aliphatic heterocycles. The van der Waals surface area contributed by atoms with Gasteiger partial charge in [-0.15, -0.1) is 0 Å². The molecule has 1 rings (SSSR count). The van der Waals surface area contributed by atoms with Crippen molar-refractivity contribution in [1.82, 2.24) is 9.55 Å². The van der Waals surface area contributed by atoms with Crippen LogP contribution >= 0.6 is 12.2 Å².